The Morgan fingerprint density at radius 3 is 2.81 bits per heavy atom. The highest BCUT2D eigenvalue weighted by Crippen LogP contribution is 2.26. The fraction of sp³-hybridized carbons (Fsp3) is 0.105. The number of carbonyl (C=O) groups is 1. The molecule has 6 nitrogen and oxygen atoms in total. The molecule has 0 bridgehead atoms. The van der Waals surface area contributed by atoms with Gasteiger partial charge in [-0.3, -0.25) is 4.79 Å². The summed E-state index contributed by atoms with van der Waals surface area (Å²) in [5, 5.41) is 17.2. The van der Waals surface area contributed by atoms with Crippen LogP contribution in [0.5, 0.6) is 0 Å². The van der Waals surface area contributed by atoms with E-state index in [9.17, 15) is 4.79 Å². The molecular formula is C19H16N4O2S2. The highest BCUT2D eigenvalue weighted by Gasteiger charge is 2.09. The van der Waals surface area contributed by atoms with Gasteiger partial charge in [-0.05, 0) is 35.0 Å². The topological polar surface area (TPSA) is 80.1 Å². The van der Waals surface area contributed by atoms with E-state index in [1.807, 2.05) is 54.6 Å². The van der Waals surface area contributed by atoms with Gasteiger partial charge in [-0.1, -0.05) is 53.4 Å². The average Bonchev–Trinajstić information content (AvgIpc) is 3.36. The van der Waals surface area contributed by atoms with Crippen molar-refractivity contribution in [2.24, 2.45) is 0 Å². The molecule has 0 fully saturated rings. The van der Waals surface area contributed by atoms with Crippen LogP contribution in [0.15, 0.2) is 69.6 Å². The Balaban J connectivity index is 1.28. The summed E-state index contributed by atoms with van der Waals surface area (Å²) in [6, 6.07) is 17.7. The Hall–Kier alpha value is -2.84. The Labute approximate surface area is 164 Å². The van der Waals surface area contributed by atoms with Crippen molar-refractivity contribution in [3.05, 3.63) is 66.6 Å². The number of thioether (sulfide) groups is 1. The third kappa shape index (κ3) is 4.66. The predicted octanol–water partition coefficient (Wildman–Crippen LogP) is 4.63. The van der Waals surface area contributed by atoms with E-state index in [1.54, 1.807) is 6.26 Å². The van der Waals surface area contributed by atoms with Crippen molar-refractivity contribution in [2.75, 3.05) is 16.4 Å². The van der Waals surface area contributed by atoms with Gasteiger partial charge in [0.2, 0.25) is 11.0 Å². The molecule has 0 radical (unpaired) electrons. The molecule has 1 amide bonds. The van der Waals surface area contributed by atoms with Crippen molar-refractivity contribution in [1.29, 1.82) is 0 Å². The largest absolute Gasteiger partial charge is 0.467 e. The van der Waals surface area contributed by atoms with Gasteiger partial charge in [0.15, 0.2) is 4.34 Å². The number of nitrogens with one attached hydrogen (secondary N) is 2. The number of nitrogens with zero attached hydrogens (tertiary/aromatic N) is 2. The summed E-state index contributed by atoms with van der Waals surface area (Å²) >= 11 is 2.78. The molecule has 0 spiro atoms. The number of benzene rings is 2. The SMILES string of the molecule is O=C(CSc1nnc(NCc2ccco2)s1)Nc1ccc2ccccc2c1. The van der Waals surface area contributed by atoms with Crippen LogP contribution in [0.1, 0.15) is 5.76 Å². The van der Waals surface area contributed by atoms with Crippen molar-refractivity contribution in [1.82, 2.24) is 10.2 Å². The monoisotopic (exact) mass is 396 g/mol. The van der Waals surface area contributed by atoms with Gasteiger partial charge in [-0.15, -0.1) is 10.2 Å². The molecule has 2 heterocycles. The number of anilines is 2. The minimum atomic E-state index is -0.0735. The van der Waals surface area contributed by atoms with Crippen LogP contribution in [0.4, 0.5) is 10.8 Å². The highest BCUT2D eigenvalue weighted by atomic mass is 32.2. The summed E-state index contributed by atoms with van der Waals surface area (Å²) in [5.74, 6) is 1.03. The molecule has 2 aromatic carbocycles. The summed E-state index contributed by atoms with van der Waals surface area (Å²) in [5.41, 5.74) is 0.789. The number of hydrogen-bond donors (Lipinski definition) is 2. The Kier molecular flexibility index (Phi) is 5.36. The third-order valence-electron chi connectivity index (χ3n) is 3.76. The summed E-state index contributed by atoms with van der Waals surface area (Å²) in [6.07, 6.45) is 1.63. The highest BCUT2D eigenvalue weighted by molar-refractivity contribution is 8.01. The molecule has 4 aromatic rings. The lowest BCUT2D eigenvalue weighted by atomic mass is 10.1. The van der Waals surface area contributed by atoms with Gasteiger partial charge in [-0.2, -0.15) is 0 Å². The van der Waals surface area contributed by atoms with Crippen molar-refractivity contribution in [3.63, 3.8) is 0 Å². The zero-order chi connectivity index (χ0) is 18.5. The molecule has 4 rings (SSSR count). The van der Waals surface area contributed by atoms with Crippen LogP contribution < -0.4 is 10.6 Å². The van der Waals surface area contributed by atoms with Crippen LogP contribution in [0.2, 0.25) is 0 Å². The minimum Gasteiger partial charge on any atom is -0.467 e. The average molecular weight is 396 g/mol. The summed E-state index contributed by atoms with van der Waals surface area (Å²) in [6.45, 7) is 0.550. The lowest BCUT2D eigenvalue weighted by molar-refractivity contribution is -0.113. The lowest BCUT2D eigenvalue weighted by Crippen LogP contribution is -2.13. The molecule has 0 unspecified atom stereocenters. The predicted molar refractivity (Wildman–Crippen MR) is 109 cm³/mol. The first kappa shape index (κ1) is 17.6. The van der Waals surface area contributed by atoms with E-state index in [-0.39, 0.29) is 11.7 Å². The number of aromatic nitrogens is 2. The molecule has 27 heavy (non-hydrogen) atoms. The second-order valence-electron chi connectivity index (χ2n) is 5.70. The fourth-order valence-electron chi connectivity index (χ4n) is 2.51. The molecule has 136 valence electrons. The van der Waals surface area contributed by atoms with Crippen LogP contribution >= 0.6 is 23.1 Å². The molecule has 2 N–H and O–H groups in total. The number of carbonyl (C=O) groups excluding carboxylic acids is 1. The lowest BCUT2D eigenvalue weighted by Gasteiger charge is -2.05. The maximum Gasteiger partial charge on any atom is 0.234 e. The van der Waals surface area contributed by atoms with Gasteiger partial charge < -0.3 is 15.1 Å². The minimum absolute atomic E-state index is 0.0735. The second kappa shape index (κ2) is 8.24. The maximum absolute atomic E-state index is 12.2. The quantitative estimate of drug-likeness (QED) is 0.444. The van der Waals surface area contributed by atoms with Crippen molar-refractivity contribution in [2.45, 2.75) is 10.9 Å². The zero-order valence-corrected chi connectivity index (χ0v) is 15.8. The van der Waals surface area contributed by atoms with Crippen LogP contribution in [0.3, 0.4) is 0 Å². The van der Waals surface area contributed by atoms with Crippen LogP contribution in [-0.2, 0) is 11.3 Å². The first-order valence-corrected chi connectivity index (χ1v) is 10.1. The number of hydrogen-bond acceptors (Lipinski definition) is 7. The number of amides is 1. The van der Waals surface area contributed by atoms with Crippen molar-refractivity contribution >= 4 is 50.6 Å². The van der Waals surface area contributed by atoms with E-state index in [4.69, 9.17) is 4.42 Å². The summed E-state index contributed by atoms with van der Waals surface area (Å²) < 4.78 is 6.00. The molecule has 0 saturated heterocycles. The normalized spacial score (nSPS) is 10.8. The maximum atomic E-state index is 12.2. The number of fused-ring (bicyclic) bond motifs is 1. The molecule has 0 atom stereocenters. The van der Waals surface area contributed by atoms with Gasteiger partial charge in [0.1, 0.15) is 5.76 Å². The van der Waals surface area contributed by atoms with E-state index in [2.05, 4.69) is 20.8 Å². The van der Waals surface area contributed by atoms with E-state index in [0.717, 1.165) is 26.6 Å². The van der Waals surface area contributed by atoms with Gasteiger partial charge >= 0.3 is 0 Å². The molecule has 0 saturated carbocycles. The first-order chi connectivity index (χ1) is 13.3. The fourth-order valence-corrected chi connectivity index (χ4v) is 4.05. The van der Waals surface area contributed by atoms with E-state index in [1.165, 1.54) is 23.1 Å². The van der Waals surface area contributed by atoms with Crippen LogP contribution in [0.25, 0.3) is 10.8 Å². The van der Waals surface area contributed by atoms with E-state index < -0.39 is 0 Å². The van der Waals surface area contributed by atoms with Gasteiger partial charge in [-0.25, -0.2) is 0 Å². The Bertz CT molecular complexity index is 1050. The van der Waals surface area contributed by atoms with Crippen molar-refractivity contribution in [3.8, 4) is 0 Å². The van der Waals surface area contributed by atoms with Crippen molar-refractivity contribution < 1.29 is 9.21 Å². The smallest absolute Gasteiger partial charge is 0.234 e. The van der Waals surface area contributed by atoms with Crippen LogP contribution in [0, 0.1) is 0 Å². The van der Waals surface area contributed by atoms with Crippen LogP contribution in [-0.4, -0.2) is 21.9 Å². The van der Waals surface area contributed by atoms with Gasteiger partial charge in [0.25, 0.3) is 0 Å². The summed E-state index contributed by atoms with van der Waals surface area (Å²) in [4.78, 5) is 12.2. The molecule has 8 heteroatoms. The van der Waals surface area contributed by atoms with E-state index in [0.29, 0.717) is 11.7 Å². The number of furan rings is 1. The Morgan fingerprint density at radius 2 is 1.96 bits per heavy atom. The number of rotatable bonds is 7. The first-order valence-electron chi connectivity index (χ1n) is 8.27. The third-order valence-corrected chi connectivity index (χ3v) is 5.77. The van der Waals surface area contributed by atoms with Gasteiger partial charge in [0, 0.05) is 5.69 Å². The Morgan fingerprint density at radius 1 is 1.07 bits per heavy atom. The molecule has 2 aromatic heterocycles. The summed E-state index contributed by atoms with van der Waals surface area (Å²) in [7, 11) is 0. The molecule has 0 aliphatic rings. The van der Waals surface area contributed by atoms with E-state index >= 15 is 0 Å². The molecular weight excluding hydrogens is 380 g/mol. The molecule has 0 aliphatic heterocycles. The van der Waals surface area contributed by atoms with Gasteiger partial charge in [0.05, 0.1) is 18.6 Å². The zero-order valence-electron chi connectivity index (χ0n) is 14.2. The second-order valence-corrected chi connectivity index (χ2v) is 7.90. The standard InChI is InChI=1S/C19H16N4O2S2/c24-17(21-15-8-7-13-4-1-2-5-14(13)10-15)12-26-19-23-22-18(27-19)20-11-16-6-3-9-25-16/h1-10H,11-12H2,(H,20,22)(H,21,24). The molecule has 0 aliphatic carbocycles.